The second-order valence-electron chi connectivity index (χ2n) is 6.27. The van der Waals surface area contributed by atoms with Crippen molar-refractivity contribution in [2.24, 2.45) is 0 Å². The summed E-state index contributed by atoms with van der Waals surface area (Å²) in [5.74, 6) is 0.998. The number of esters is 1. The summed E-state index contributed by atoms with van der Waals surface area (Å²) >= 11 is 1.30. The first-order valence-electron chi connectivity index (χ1n) is 9.68. The van der Waals surface area contributed by atoms with Gasteiger partial charge in [-0.25, -0.2) is 9.78 Å². The maximum atomic E-state index is 11.8. The van der Waals surface area contributed by atoms with Gasteiger partial charge in [0.2, 0.25) is 0 Å². The molecule has 2 aromatic heterocycles. The summed E-state index contributed by atoms with van der Waals surface area (Å²) in [6.07, 6.45) is 0. The van der Waals surface area contributed by atoms with Gasteiger partial charge in [-0.3, -0.25) is 0 Å². The van der Waals surface area contributed by atoms with Gasteiger partial charge in [0, 0.05) is 10.9 Å². The lowest BCUT2D eigenvalue weighted by molar-refractivity contribution is 0.0526. The Labute approximate surface area is 174 Å². The Morgan fingerprint density at radius 2 is 1.76 bits per heavy atom. The van der Waals surface area contributed by atoms with Gasteiger partial charge >= 0.3 is 5.97 Å². The van der Waals surface area contributed by atoms with E-state index >= 15 is 0 Å². The van der Waals surface area contributed by atoms with Crippen molar-refractivity contribution in [1.29, 1.82) is 0 Å². The molecule has 2 aromatic carbocycles. The molecule has 4 aromatic rings. The van der Waals surface area contributed by atoms with Crippen molar-refractivity contribution in [3.05, 3.63) is 59.2 Å². The third-order valence-corrected chi connectivity index (χ3v) is 5.12. The fourth-order valence-electron chi connectivity index (χ4n) is 2.91. The van der Waals surface area contributed by atoms with Gasteiger partial charge < -0.3 is 9.15 Å². The standard InChI is InChI=1S/C21H18N2O3S.C2H6/c1-4-25-21(24)15-9-7-14(8-10-15)19-22-20(27-23-19)17-11-16-12(2)5-6-13(3)18(16)26-17;1-2/h5-11H,4H2,1-3H3;1-2H3. The maximum Gasteiger partial charge on any atom is 0.338 e. The molecule has 4 rings (SSSR count). The molecule has 0 atom stereocenters. The first-order valence-corrected chi connectivity index (χ1v) is 10.5. The van der Waals surface area contributed by atoms with Gasteiger partial charge in [-0.1, -0.05) is 38.1 Å². The van der Waals surface area contributed by atoms with E-state index in [1.165, 1.54) is 17.1 Å². The average molecular weight is 409 g/mol. The van der Waals surface area contributed by atoms with Crippen molar-refractivity contribution in [3.63, 3.8) is 0 Å². The Morgan fingerprint density at radius 1 is 1.07 bits per heavy atom. The molecule has 150 valence electrons. The molecular formula is C23H24N2O3S. The minimum atomic E-state index is -0.330. The van der Waals surface area contributed by atoms with Crippen LogP contribution in [-0.2, 0) is 4.74 Å². The number of benzene rings is 2. The minimum Gasteiger partial charge on any atom is -0.462 e. The van der Waals surface area contributed by atoms with Crippen LogP contribution in [0.2, 0.25) is 0 Å². The summed E-state index contributed by atoms with van der Waals surface area (Å²) in [6, 6.07) is 13.3. The highest BCUT2D eigenvalue weighted by Gasteiger charge is 2.15. The second kappa shape index (κ2) is 9.01. The molecule has 2 heterocycles. The molecule has 0 saturated carbocycles. The minimum absolute atomic E-state index is 0.330. The van der Waals surface area contributed by atoms with Crippen LogP contribution in [0.5, 0.6) is 0 Å². The summed E-state index contributed by atoms with van der Waals surface area (Å²) in [5.41, 5.74) is 4.51. The van der Waals surface area contributed by atoms with E-state index in [0.717, 1.165) is 27.1 Å². The predicted molar refractivity (Wildman–Crippen MR) is 117 cm³/mol. The third-order valence-electron chi connectivity index (χ3n) is 4.39. The second-order valence-corrected chi connectivity index (χ2v) is 7.03. The Kier molecular flexibility index (Phi) is 6.44. The van der Waals surface area contributed by atoms with E-state index in [0.29, 0.717) is 23.8 Å². The Hall–Kier alpha value is -2.99. The van der Waals surface area contributed by atoms with E-state index < -0.39 is 0 Å². The lowest BCUT2D eigenvalue weighted by atomic mass is 10.1. The van der Waals surface area contributed by atoms with E-state index in [9.17, 15) is 4.79 Å². The van der Waals surface area contributed by atoms with Gasteiger partial charge in [-0.05, 0) is 61.6 Å². The number of hydrogen-bond donors (Lipinski definition) is 0. The molecule has 0 bridgehead atoms. The number of fused-ring (bicyclic) bond motifs is 1. The zero-order valence-corrected chi connectivity index (χ0v) is 18.1. The normalized spacial score (nSPS) is 10.5. The van der Waals surface area contributed by atoms with E-state index in [-0.39, 0.29) is 5.97 Å². The van der Waals surface area contributed by atoms with Crippen LogP contribution in [0.15, 0.2) is 46.9 Å². The molecule has 29 heavy (non-hydrogen) atoms. The van der Waals surface area contributed by atoms with Gasteiger partial charge in [0.1, 0.15) is 5.58 Å². The number of ether oxygens (including phenoxy) is 1. The van der Waals surface area contributed by atoms with E-state index in [1.54, 1.807) is 19.1 Å². The van der Waals surface area contributed by atoms with Crippen molar-refractivity contribution in [1.82, 2.24) is 9.36 Å². The molecule has 0 aliphatic carbocycles. The first-order chi connectivity index (χ1) is 14.1. The molecule has 5 nitrogen and oxygen atoms in total. The molecule has 0 saturated heterocycles. The Bertz CT molecular complexity index is 1090. The molecule has 0 N–H and O–H groups in total. The molecule has 6 heteroatoms. The summed E-state index contributed by atoms with van der Waals surface area (Å²) in [6.45, 7) is 10.2. The number of hydrogen-bond acceptors (Lipinski definition) is 6. The topological polar surface area (TPSA) is 65.2 Å². The van der Waals surface area contributed by atoms with Crippen LogP contribution in [0, 0.1) is 13.8 Å². The van der Waals surface area contributed by atoms with Gasteiger partial charge in [-0.15, -0.1) is 0 Å². The van der Waals surface area contributed by atoms with Crippen LogP contribution in [-0.4, -0.2) is 21.9 Å². The summed E-state index contributed by atoms with van der Waals surface area (Å²) in [5, 5.41) is 1.83. The van der Waals surface area contributed by atoms with Crippen molar-refractivity contribution in [3.8, 4) is 22.2 Å². The number of carbonyl (C=O) groups is 1. The summed E-state index contributed by atoms with van der Waals surface area (Å²) in [7, 11) is 0. The third kappa shape index (κ3) is 4.22. The molecule has 0 aliphatic heterocycles. The highest BCUT2D eigenvalue weighted by atomic mass is 32.1. The van der Waals surface area contributed by atoms with Crippen molar-refractivity contribution in [2.75, 3.05) is 6.61 Å². The number of furan rings is 1. The monoisotopic (exact) mass is 408 g/mol. The highest BCUT2D eigenvalue weighted by molar-refractivity contribution is 7.09. The fraction of sp³-hybridized carbons (Fsp3) is 0.261. The molecule has 0 unspecified atom stereocenters. The summed E-state index contributed by atoms with van der Waals surface area (Å²) in [4.78, 5) is 16.4. The van der Waals surface area contributed by atoms with Gasteiger partial charge in [0.25, 0.3) is 0 Å². The SMILES string of the molecule is CC.CCOC(=O)c1ccc(-c2nsc(-c3cc4c(C)ccc(C)c4o3)n2)cc1. The molecule has 0 radical (unpaired) electrons. The van der Waals surface area contributed by atoms with Gasteiger partial charge in [0.05, 0.1) is 12.2 Å². The predicted octanol–water partition coefficient (Wildman–Crippen LogP) is 6.44. The van der Waals surface area contributed by atoms with Gasteiger partial charge in [0.15, 0.2) is 16.6 Å². The molecule has 0 fully saturated rings. The van der Waals surface area contributed by atoms with E-state index in [2.05, 4.69) is 28.4 Å². The van der Waals surface area contributed by atoms with Crippen LogP contribution in [0.25, 0.3) is 33.1 Å². The van der Waals surface area contributed by atoms with E-state index in [1.807, 2.05) is 39.0 Å². The quantitative estimate of drug-likeness (QED) is 0.364. The fourth-order valence-corrected chi connectivity index (χ4v) is 3.55. The zero-order chi connectivity index (χ0) is 21.0. The van der Waals surface area contributed by atoms with Crippen LogP contribution in [0.3, 0.4) is 0 Å². The lowest BCUT2D eigenvalue weighted by Gasteiger charge is -2.01. The first kappa shape index (κ1) is 20.7. The Morgan fingerprint density at radius 3 is 2.41 bits per heavy atom. The van der Waals surface area contributed by atoms with Crippen LogP contribution in [0.4, 0.5) is 0 Å². The number of aromatic nitrogens is 2. The lowest BCUT2D eigenvalue weighted by Crippen LogP contribution is -2.04. The number of rotatable bonds is 4. The molecular weight excluding hydrogens is 384 g/mol. The Balaban J connectivity index is 0.00000117. The number of aryl methyl sites for hydroxylation is 2. The van der Waals surface area contributed by atoms with Crippen LogP contribution < -0.4 is 0 Å². The average Bonchev–Trinajstić information content (AvgIpc) is 3.41. The van der Waals surface area contributed by atoms with Crippen LogP contribution >= 0.6 is 11.5 Å². The largest absolute Gasteiger partial charge is 0.462 e. The van der Waals surface area contributed by atoms with Crippen LogP contribution in [0.1, 0.15) is 42.3 Å². The number of nitrogens with zero attached hydrogens (tertiary/aromatic N) is 2. The number of carbonyl (C=O) groups excluding carboxylic acids is 1. The molecule has 0 aliphatic rings. The molecule has 0 spiro atoms. The smallest absolute Gasteiger partial charge is 0.338 e. The maximum absolute atomic E-state index is 11.8. The summed E-state index contributed by atoms with van der Waals surface area (Å²) < 4.78 is 15.5. The van der Waals surface area contributed by atoms with Gasteiger partial charge in [-0.2, -0.15) is 4.37 Å². The van der Waals surface area contributed by atoms with Crippen molar-refractivity contribution in [2.45, 2.75) is 34.6 Å². The highest BCUT2D eigenvalue weighted by Crippen LogP contribution is 2.33. The van der Waals surface area contributed by atoms with E-state index in [4.69, 9.17) is 9.15 Å². The zero-order valence-electron chi connectivity index (χ0n) is 17.3. The van der Waals surface area contributed by atoms with Crippen molar-refractivity contribution < 1.29 is 13.9 Å². The molecule has 0 amide bonds. The van der Waals surface area contributed by atoms with Crippen molar-refractivity contribution >= 4 is 28.5 Å².